The number of ketones is 1. The van der Waals surface area contributed by atoms with E-state index in [1.54, 1.807) is 101 Å². The van der Waals surface area contributed by atoms with Crippen molar-refractivity contribution in [3.8, 4) is 34.2 Å². The minimum Gasteiger partial charge on any atom is -0.507 e. The van der Waals surface area contributed by atoms with Gasteiger partial charge in [-0.05, 0) is 143 Å². The second-order valence-corrected chi connectivity index (χ2v) is 36.3. The van der Waals surface area contributed by atoms with Gasteiger partial charge in [-0.3, -0.25) is 106 Å². The number of amides is 7. The molecule has 0 saturated heterocycles. The smallest absolute Gasteiger partial charge is 0.326 e. The third kappa shape index (κ3) is 26.0. The first-order valence-electron chi connectivity index (χ1n) is 44.2. The van der Waals surface area contributed by atoms with Crippen LogP contribution in [-0.2, 0) is 22.8 Å². The summed E-state index contributed by atoms with van der Waals surface area (Å²) in [5.41, 5.74) is 10.8. The number of carbonyl (C=O) groups excluding carboxylic acids is 5. The Morgan fingerprint density at radius 1 is 0.446 bits per heavy atom. The van der Waals surface area contributed by atoms with E-state index in [9.17, 15) is 110 Å². The number of nitrogens with zero attached hydrogens (tertiary/aromatic N) is 13. The molecule has 0 aliphatic heterocycles. The molecule has 756 valence electrons. The lowest BCUT2D eigenvalue weighted by Crippen LogP contribution is -2.34. The largest absolute Gasteiger partial charge is 0.507 e. The van der Waals surface area contributed by atoms with Gasteiger partial charge in [-0.25, -0.2) is 24.5 Å². The first-order valence-corrected chi connectivity index (χ1v) is 44.9. The van der Waals surface area contributed by atoms with Gasteiger partial charge >= 0.3 is 29.5 Å². The molecule has 0 radical (unpaired) electrons. The number of nitrogens with one attached hydrogen (secondary N) is 7. The number of phenols is 1. The summed E-state index contributed by atoms with van der Waals surface area (Å²) in [4.78, 5) is 148. The summed E-state index contributed by atoms with van der Waals surface area (Å²) in [6, 6.07) is 71.7. The van der Waals surface area contributed by atoms with Gasteiger partial charge in [-0.2, -0.15) is 10.2 Å². The first-order chi connectivity index (χ1) is 70.1. The van der Waals surface area contributed by atoms with E-state index >= 15 is 0 Å². The van der Waals surface area contributed by atoms with Gasteiger partial charge in [-0.1, -0.05) is 177 Å². The highest BCUT2D eigenvalue weighted by molar-refractivity contribution is 6.31. The molecule has 44 nitrogen and oxygen atoms in total. The number of aromatic nitrogens is 3. The van der Waals surface area contributed by atoms with Gasteiger partial charge in [0.05, 0.1) is 130 Å². The van der Waals surface area contributed by atoms with Crippen molar-refractivity contribution < 1.29 is 77.9 Å². The summed E-state index contributed by atoms with van der Waals surface area (Å²) < 4.78 is 13.3. The van der Waals surface area contributed by atoms with Crippen LogP contribution in [0.15, 0.2) is 284 Å². The van der Waals surface area contributed by atoms with Crippen molar-refractivity contribution in [2.75, 3.05) is 51.1 Å². The number of methoxy groups -OCH3 is 2. The summed E-state index contributed by atoms with van der Waals surface area (Å²) >= 11 is 11.6. The van der Waals surface area contributed by atoms with Crippen molar-refractivity contribution in [3.63, 3.8) is 0 Å². The number of halogens is 2. The Bertz CT molecular complexity index is 7640. The second-order valence-electron chi connectivity index (χ2n) is 35.4. The maximum absolute atomic E-state index is 13.2. The predicted molar refractivity (Wildman–Crippen MR) is 559 cm³/mol. The molecule has 8 N–H and O–H groups in total. The fraction of sp³-hybridized carbons (Fsp3) is 0.147. The molecule has 16 rings (SSSR count). The number of hydrazone groups is 1. The molecule has 0 unspecified atom stereocenters. The van der Waals surface area contributed by atoms with E-state index in [1.165, 1.54) is 91.7 Å². The Labute approximate surface area is 849 Å². The van der Waals surface area contributed by atoms with Crippen molar-refractivity contribution in [2.45, 2.75) is 85.1 Å². The Kier molecular flexibility index (Phi) is 33.4. The number of carbonyl (C=O) groups is 5. The highest BCUT2D eigenvalue weighted by Crippen LogP contribution is 2.47. The van der Waals surface area contributed by atoms with Gasteiger partial charge in [0, 0.05) is 114 Å². The zero-order valence-corrected chi connectivity index (χ0v) is 81.8. The number of ether oxygens (including phenoxy) is 2. The summed E-state index contributed by atoms with van der Waals surface area (Å²) in [6.07, 6.45) is 1.57. The fourth-order valence-electron chi connectivity index (χ4n) is 15.2. The summed E-state index contributed by atoms with van der Waals surface area (Å²) in [5.74, 6) is -0.129. The molecule has 1 aliphatic rings. The maximum Gasteiger partial charge on any atom is 0.326 e. The minimum atomic E-state index is -0.912. The summed E-state index contributed by atoms with van der Waals surface area (Å²) in [7, 11) is 2.68. The van der Waals surface area contributed by atoms with Crippen LogP contribution in [0.1, 0.15) is 117 Å². The van der Waals surface area contributed by atoms with Gasteiger partial charge in [0.15, 0.2) is 5.78 Å². The van der Waals surface area contributed by atoms with Crippen LogP contribution in [-0.4, -0.2) is 109 Å². The van der Waals surface area contributed by atoms with Gasteiger partial charge in [-0.15, -0.1) is 0 Å². The van der Waals surface area contributed by atoms with E-state index in [4.69, 9.17) is 32.7 Å². The zero-order valence-electron chi connectivity index (χ0n) is 80.2. The fourth-order valence-corrected chi connectivity index (χ4v) is 15.5. The number of nitro groups is 8. The molecule has 15 aromatic rings. The van der Waals surface area contributed by atoms with Crippen LogP contribution in [0.4, 0.5) is 99.7 Å². The van der Waals surface area contributed by atoms with Crippen molar-refractivity contribution in [2.24, 2.45) is 5.10 Å². The lowest BCUT2D eigenvalue weighted by atomic mass is 9.78. The van der Waals surface area contributed by atoms with Crippen LogP contribution in [0.2, 0.25) is 10.0 Å². The first kappa shape index (κ1) is 107. The molecule has 1 aliphatic carbocycles. The monoisotopic (exact) mass is 2050 g/mol. The number of phenolic OH excluding ortho intramolecular Hbond substituents is 1. The van der Waals surface area contributed by atoms with E-state index in [0.717, 1.165) is 50.8 Å². The van der Waals surface area contributed by atoms with E-state index in [0.29, 0.717) is 85.6 Å². The van der Waals surface area contributed by atoms with Crippen molar-refractivity contribution in [1.29, 1.82) is 0 Å². The van der Waals surface area contributed by atoms with Gasteiger partial charge in [0.1, 0.15) is 28.6 Å². The maximum atomic E-state index is 13.2. The van der Waals surface area contributed by atoms with Crippen LogP contribution in [0.25, 0.3) is 38.8 Å². The molecule has 148 heavy (non-hydrogen) atoms. The number of para-hydroxylation sites is 3. The summed E-state index contributed by atoms with van der Waals surface area (Å²) in [5, 5.41) is 124. The molecule has 2 heterocycles. The molecule has 2 aromatic heterocycles. The number of non-ortho nitro benzene ring substituents is 5. The number of benzene rings is 13. The summed E-state index contributed by atoms with van der Waals surface area (Å²) in [6.45, 7) is 18.4. The number of nitro benzene ring substituents is 8. The molecule has 7 amide bonds. The van der Waals surface area contributed by atoms with E-state index < -0.39 is 85.5 Å². The number of urea groups is 3. The number of hydrogen-bond acceptors (Lipinski definition) is 27. The predicted octanol–water partition coefficient (Wildman–Crippen LogP) is 24.3. The number of hydrogen-bond donors (Lipinski definition) is 8. The number of fused-ring (bicyclic) bond motifs is 6. The number of aromatic hydroxyl groups is 1. The van der Waals surface area contributed by atoms with E-state index in [-0.39, 0.29) is 90.3 Å². The molecule has 0 fully saturated rings. The topological polar surface area (TPSA) is 592 Å². The highest BCUT2D eigenvalue weighted by atomic mass is 35.5. The van der Waals surface area contributed by atoms with E-state index in [1.807, 2.05) is 159 Å². The van der Waals surface area contributed by atoms with Crippen molar-refractivity contribution in [1.82, 2.24) is 19.9 Å². The number of rotatable bonds is 24. The third-order valence-corrected chi connectivity index (χ3v) is 22.6. The van der Waals surface area contributed by atoms with Crippen LogP contribution >= 0.6 is 23.2 Å². The average molecular weight is 2050 g/mol. The lowest BCUT2D eigenvalue weighted by molar-refractivity contribution is -0.401. The molecule has 0 saturated carbocycles. The van der Waals surface area contributed by atoms with Gasteiger partial charge < -0.3 is 41.2 Å². The Morgan fingerprint density at radius 3 is 1.42 bits per heavy atom. The molecule has 13 aromatic carbocycles. The normalized spacial score (nSPS) is 11.2. The average Bonchev–Trinajstić information content (AvgIpc) is 1.56. The Balaban J connectivity index is 0.000000165. The van der Waals surface area contributed by atoms with Gasteiger partial charge in [0.25, 0.3) is 40.0 Å². The van der Waals surface area contributed by atoms with Crippen LogP contribution in [0.5, 0.6) is 17.2 Å². The molecule has 0 atom stereocenters. The molecule has 0 spiro atoms. The quantitative estimate of drug-likeness (QED) is 0.0158. The van der Waals surface area contributed by atoms with Crippen LogP contribution in [0.3, 0.4) is 0 Å². The minimum absolute atomic E-state index is 0.0421. The zero-order chi connectivity index (χ0) is 108. The molecule has 0 bridgehead atoms. The highest BCUT2D eigenvalue weighted by Gasteiger charge is 2.40. The SMILES string of the molecule is CC(C)(C)c1c2c(nn1-c1ccc([N+](=O)[O-])cc1)-c1ccc([N+](=O)[O-])cc1C2=O.CC(C)(C)c1cc(/C=N/NC(=O)c2ccc(NC(=O)Nc3cccc(Cl)c3)cc2)cc(C(C)(C)C)c1O.COc1cc([N+](=O)[O-])ccc1NC(=O)N(Cc1ccccc1)c1ccccc1.COc1cc([N+](=O)[O-])ccc1NC(=O)Nc1ccc(Cl)cc1[N+](=O)[O-].O=[N+]([O-])c1cc([N+](=O)[O-])c(Nn2c3ccccc3c3ccccc32)c([N+](=O)[O-])c1. The van der Waals surface area contributed by atoms with Crippen LogP contribution in [0, 0.1) is 80.9 Å². The number of anilines is 7. The van der Waals surface area contributed by atoms with Crippen molar-refractivity contribution in [3.05, 3.63) is 415 Å². The van der Waals surface area contributed by atoms with Crippen LogP contribution < -0.4 is 51.8 Å². The third-order valence-electron chi connectivity index (χ3n) is 22.1. The standard InChI is InChI=1S/C29H33ClN4O3.C21H19N3O4.C20H16N4O5.C18H11N5O6.C14H11ClN4O6/c1-28(2,3)23-14-18(15-24(25(23)35)29(4,5)6)17-31-34-26(36)19-10-12-21(13-11-19)32-27(37)33-22-9-7-8-20(30)16-22;1-28-20-14-18(24(26)27)12-13-19(20)22-21(25)23(17-10-6-3-7-11-17)15-16-8-4-2-5-9-16;1-20(2,3)19-16-17(14-9-8-13(24(28)29)10-15(14)18(16)25)21-22(19)11-4-6-12(7-5-11)23(26)27;24-21(25)11-9-16(22(26)27)18(17(10-11)23(28)29)19-20-14-7-3-1-5-12(14)13-6-2-4-8-15(13)20;1-25-13-7-9(18(21)22)3-5-11(13)17-14(20)16-10-4-2-8(15)6-12(10)19(23)24/h7-17,35H,1-6H3,(H,34,36)(H2,32,33,37);2-14H,15H2,1H3,(H,22,25);4-10H,1-3H3;1-10,19H;2-7H,1H3,(H2,16,17,20)/b31-17+;;;;. The Hall–Kier alpha value is -19.5. The van der Waals surface area contributed by atoms with Crippen molar-refractivity contribution >= 4 is 166 Å². The molecule has 46 heteroatoms. The molecular formula is C102H90Cl2N20O24. The van der Waals surface area contributed by atoms with E-state index in [2.05, 4.69) is 47.6 Å². The Morgan fingerprint density at radius 2 is 0.912 bits per heavy atom. The second kappa shape index (κ2) is 46.0. The lowest BCUT2D eigenvalue weighted by Gasteiger charge is -2.27. The molecular weight excluding hydrogens is 1960 g/mol. The van der Waals surface area contributed by atoms with Gasteiger partial charge in [0.2, 0.25) is 5.69 Å².